The number of nitrogens with one attached hydrogen (secondary N) is 1. The minimum absolute atomic E-state index is 0.584. The molecule has 0 aliphatic heterocycles. The predicted octanol–water partition coefficient (Wildman–Crippen LogP) is 4.05. The second-order valence-corrected chi connectivity index (χ2v) is 5.48. The fourth-order valence-corrected chi connectivity index (χ4v) is 2.55. The molecule has 1 aliphatic rings. The molecule has 1 aliphatic carbocycles. The normalized spacial score (nSPS) is 17.1. The molecule has 0 aromatic heterocycles. The summed E-state index contributed by atoms with van der Waals surface area (Å²) in [5, 5.41) is 4.49. The number of halogens is 1. The minimum Gasteiger partial charge on any atom is -0.314 e. The average molecular weight is 252 g/mol. The lowest BCUT2D eigenvalue weighted by molar-refractivity contribution is 0.462. The molecule has 0 saturated heterocycles. The van der Waals surface area contributed by atoms with E-state index >= 15 is 0 Å². The van der Waals surface area contributed by atoms with Gasteiger partial charge < -0.3 is 5.32 Å². The van der Waals surface area contributed by atoms with Gasteiger partial charge in [-0.15, -0.1) is 0 Å². The number of hydrogen-bond acceptors (Lipinski definition) is 1. The molecule has 0 bridgehead atoms. The molecule has 0 heterocycles. The molecule has 1 N–H and O–H groups in total. The zero-order valence-electron chi connectivity index (χ0n) is 10.6. The molecule has 2 heteroatoms. The molecule has 1 fully saturated rings. The number of likely N-dealkylation sites (N-methyl/N-ethyl adjacent to an activating group) is 1. The van der Waals surface area contributed by atoms with Gasteiger partial charge in [-0.1, -0.05) is 49.6 Å². The molecule has 0 radical (unpaired) electrons. The van der Waals surface area contributed by atoms with Gasteiger partial charge >= 0.3 is 0 Å². The van der Waals surface area contributed by atoms with Gasteiger partial charge in [0.1, 0.15) is 0 Å². The monoisotopic (exact) mass is 251 g/mol. The highest BCUT2D eigenvalue weighted by atomic mass is 35.5. The van der Waals surface area contributed by atoms with Gasteiger partial charge in [0.15, 0.2) is 0 Å². The molecule has 17 heavy (non-hydrogen) atoms. The molecular weight excluding hydrogens is 230 g/mol. The van der Waals surface area contributed by atoms with Crippen LogP contribution in [0.5, 0.6) is 0 Å². The molecular formula is C15H22ClN. The Hall–Kier alpha value is -0.530. The zero-order valence-corrected chi connectivity index (χ0v) is 11.3. The van der Waals surface area contributed by atoms with Crippen molar-refractivity contribution >= 4 is 11.6 Å². The Labute approximate surface area is 110 Å². The zero-order chi connectivity index (χ0) is 12.1. The van der Waals surface area contributed by atoms with E-state index in [0.29, 0.717) is 6.04 Å². The Bertz CT molecular complexity index is 347. The van der Waals surface area contributed by atoms with Crippen LogP contribution in [0.4, 0.5) is 0 Å². The lowest BCUT2D eigenvalue weighted by Crippen LogP contribution is -2.31. The van der Waals surface area contributed by atoms with Crippen molar-refractivity contribution in [1.29, 1.82) is 0 Å². The van der Waals surface area contributed by atoms with Crippen LogP contribution in [-0.2, 0) is 6.42 Å². The van der Waals surface area contributed by atoms with Crippen LogP contribution in [0.25, 0.3) is 0 Å². The summed E-state index contributed by atoms with van der Waals surface area (Å²) >= 11 is 6.22. The second kappa shape index (κ2) is 6.42. The summed E-state index contributed by atoms with van der Waals surface area (Å²) in [5.41, 5.74) is 1.27. The third-order valence-electron chi connectivity index (χ3n) is 3.54. The molecule has 1 saturated carbocycles. The Balaban J connectivity index is 1.88. The van der Waals surface area contributed by atoms with Crippen LogP contribution in [0.1, 0.15) is 38.2 Å². The van der Waals surface area contributed by atoms with Crippen LogP contribution in [0, 0.1) is 5.92 Å². The molecule has 1 nitrogen and oxygen atoms in total. The maximum Gasteiger partial charge on any atom is 0.0438 e. The van der Waals surface area contributed by atoms with Gasteiger partial charge in [-0.05, 0) is 43.4 Å². The SMILES string of the molecule is CCNC(CCC1CC1)Cc1ccccc1Cl. The molecule has 1 atom stereocenters. The third kappa shape index (κ3) is 4.33. The Kier molecular flexibility index (Phi) is 4.87. The van der Waals surface area contributed by atoms with E-state index in [-0.39, 0.29) is 0 Å². The predicted molar refractivity (Wildman–Crippen MR) is 74.6 cm³/mol. The molecule has 0 spiro atoms. The van der Waals surface area contributed by atoms with Gasteiger partial charge in [0.25, 0.3) is 0 Å². The summed E-state index contributed by atoms with van der Waals surface area (Å²) in [7, 11) is 0. The highest BCUT2D eigenvalue weighted by molar-refractivity contribution is 6.31. The molecule has 1 unspecified atom stereocenters. The van der Waals surface area contributed by atoms with Crippen molar-refractivity contribution < 1.29 is 0 Å². The van der Waals surface area contributed by atoms with Gasteiger partial charge in [0, 0.05) is 11.1 Å². The van der Waals surface area contributed by atoms with Crippen molar-refractivity contribution in [3.05, 3.63) is 34.9 Å². The van der Waals surface area contributed by atoms with E-state index < -0.39 is 0 Å². The number of hydrogen-bond donors (Lipinski definition) is 1. The van der Waals surface area contributed by atoms with Crippen LogP contribution in [-0.4, -0.2) is 12.6 Å². The third-order valence-corrected chi connectivity index (χ3v) is 3.91. The quantitative estimate of drug-likeness (QED) is 0.771. The summed E-state index contributed by atoms with van der Waals surface area (Å²) in [6.45, 7) is 3.22. The number of benzene rings is 1. The summed E-state index contributed by atoms with van der Waals surface area (Å²) in [6.07, 6.45) is 6.61. The first-order valence-corrected chi connectivity index (χ1v) is 7.14. The Morgan fingerprint density at radius 2 is 2.12 bits per heavy atom. The van der Waals surface area contributed by atoms with Crippen LogP contribution >= 0.6 is 11.6 Å². The van der Waals surface area contributed by atoms with E-state index in [2.05, 4.69) is 24.4 Å². The van der Waals surface area contributed by atoms with Crippen molar-refractivity contribution in [2.45, 2.75) is 45.1 Å². The second-order valence-electron chi connectivity index (χ2n) is 5.07. The van der Waals surface area contributed by atoms with E-state index in [1.165, 1.54) is 31.2 Å². The number of rotatable bonds is 7. The molecule has 1 aromatic rings. The lowest BCUT2D eigenvalue weighted by Gasteiger charge is -2.18. The van der Waals surface area contributed by atoms with Crippen LogP contribution in [0.2, 0.25) is 5.02 Å². The van der Waals surface area contributed by atoms with Crippen molar-refractivity contribution in [1.82, 2.24) is 5.32 Å². The van der Waals surface area contributed by atoms with E-state index in [1.807, 2.05) is 12.1 Å². The van der Waals surface area contributed by atoms with Crippen LogP contribution < -0.4 is 5.32 Å². The highest BCUT2D eigenvalue weighted by Crippen LogP contribution is 2.34. The fraction of sp³-hybridized carbons (Fsp3) is 0.600. The minimum atomic E-state index is 0.584. The van der Waals surface area contributed by atoms with E-state index in [4.69, 9.17) is 11.6 Å². The van der Waals surface area contributed by atoms with Gasteiger partial charge in [0.05, 0.1) is 0 Å². The van der Waals surface area contributed by atoms with Gasteiger partial charge in [-0.25, -0.2) is 0 Å². The van der Waals surface area contributed by atoms with Crippen molar-refractivity contribution in [2.75, 3.05) is 6.54 Å². The van der Waals surface area contributed by atoms with Crippen LogP contribution in [0.15, 0.2) is 24.3 Å². The summed E-state index contributed by atoms with van der Waals surface area (Å²) in [5.74, 6) is 1.02. The maximum absolute atomic E-state index is 6.22. The van der Waals surface area contributed by atoms with Gasteiger partial charge in [-0.2, -0.15) is 0 Å². The Morgan fingerprint density at radius 3 is 2.76 bits per heavy atom. The van der Waals surface area contributed by atoms with E-state index in [9.17, 15) is 0 Å². The first-order valence-electron chi connectivity index (χ1n) is 6.76. The Morgan fingerprint density at radius 1 is 1.35 bits per heavy atom. The van der Waals surface area contributed by atoms with Crippen molar-refractivity contribution in [2.24, 2.45) is 5.92 Å². The summed E-state index contributed by atoms with van der Waals surface area (Å²) in [6, 6.07) is 8.79. The van der Waals surface area contributed by atoms with Crippen molar-refractivity contribution in [3.63, 3.8) is 0 Å². The maximum atomic E-state index is 6.22. The van der Waals surface area contributed by atoms with Crippen LogP contribution in [0.3, 0.4) is 0 Å². The lowest BCUT2D eigenvalue weighted by atomic mass is 10.0. The molecule has 0 amide bonds. The fourth-order valence-electron chi connectivity index (χ4n) is 2.34. The van der Waals surface area contributed by atoms with E-state index in [1.54, 1.807) is 0 Å². The first kappa shape index (κ1) is 12.9. The summed E-state index contributed by atoms with van der Waals surface area (Å²) < 4.78 is 0. The highest BCUT2D eigenvalue weighted by Gasteiger charge is 2.22. The van der Waals surface area contributed by atoms with Gasteiger partial charge in [0.2, 0.25) is 0 Å². The first-order chi connectivity index (χ1) is 8.29. The standard InChI is InChI=1S/C15H22ClN/c1-2-17-14(10-9-12-7-8-12)11-13-5-3-4-6-15(13)16/h3-6,12,14,17H,2,7-11H2,1H3. The smallest absolute Gasteiger partial charge is 0.0438 e. The topological polar surface area (TPSA) is 12.0 Å². The average Bonchev–Trinajstić information content (AvgIpc) is 3.13. The molecule has 94 valence electrons. The summed E-state index contributed by atoms with van der Waals surface area (Å²) in [4.78, 5) is 0. The van der Waals surface area contributed by atoms with E-state index in [0.717, 1.165) is 23.9 Å². The molecule has 1 aromatic carbocycles. The largest absolute Gasteiger partial charge is 0.314 e. The molecule has 2 rings (SSSR count). The van der Waals surface area contributed by atoms with Gasteiger partial charge in [-0.3, -0.25) is 0 Å². The van der Waals surface area contributed by atoms with Crippen molar-refractivity contribution in [3.8, 4) is 0 Å².